The van der Waals surface area contributed by atoms with Crippen LogP contribution in [0.15, 0.2) is 12.1 Å². The predicted octanol–water partition coefficient (Wildman–Crippen LogP) is 3.01. The molecule has 0 atom stereocenters. The number of aromatic hydroxyl groups is 1. The third kappa shape index (κ3) is 1.85. The van der Waals surface area contributed by atoms with E-state index >= 15 is 0 Å². The fraction of sp³-hybridized carbons (Fsp3) is 0.400. The summed E-state index contributed by atoms with van der Waals surface area (Å²) in [7, 11) is 0. The maximum Gasteiger partial charge on any atom is 0.416 e. The van der Waals surface area contributed by atoms with E-state index in [-0.39, 0.29) is 10.6 Å². The van der Waals surface area contributed by atoms with E-state index in [1.165, 1.54) is 0 Å². The zero-order chi connectivity index (χ0) is 12.1. The minimum atomic E-state index is -4.52. The zero-order valence-corrected chi connectivity index (χ0v) is 8.86. The Morgan fingerprint density at radius 3 is 2.25 bits per heavy atom. The van der Waals surface area contributed by atoms with Crippen LogP contribution < -0.4 is 5.73 Å². The Kier molecular flexibility index (Phi) is 2.36. The largest absolute Gasteiger partial charge is 0.508 e. The molecule has 0 heterocycles. The van der Waals surface area contributed by atoms with E-state index < -0.39 is 23.0 Å². The highest BCUT2D eigenvalue weighted by atomic mass is 35.5. The lowest BCUT2D eigenvalue weighted by atomic mass is 10.0. The minimum absolute atomic E-state index is 0.132. The minimum Gasteiger partial charge on any atom is -0.508 e. The van der Waals surface area contributed by atoms with Crippen LogP contribution in [0.1, 0.15) is 24.0 Å². The summed E-state index contributed by atoms with van der Waals surface area (Å²) in [4.78, 5) is 0. The molecule has 16 heavy (non-hydrogen) atoms. The SMILES string of the molecule is NC1(c2c(O)cc(C(F)(F)F)cc2Cl)CC1. The number of halogens is 4. The Bertz CT molecular complexity index is 417. The van der Waals surface area contributed by atoms with E-state index in [2.05, 4.69) is 0 Å². The average Bonchev–Trinajstić information content (AvgIpc) is 2.81. The van der Waals surface area contributed by atoms with Crippen molar-refractivity contribution in [1.29, 1.82) is 0 Å². The summed E-state index contributed by atoms with van der Waals surface area (Å²) in [5, 5.41) is 9.41. The second kappa shape index (κ2) is 3.28. The number of benzene rings is 1. The van der Waals surface area contributed by atoms with Crippen molar-refractivity contribution in [2.45, 2.75) is 24.6 Å². The van der Waals surface area contributed by atoms with Crippen LogP contribution in [-0.4, -0.2) is 5.11 Å². The number of rotatable bonds is 1. The van der Waals surface area contributed by atoms with E-state index in [4.69, 9.17) is 17.3 Å². The van der Waals surface area contributed by atoms with Crippen LogP contribution in [0.2, 0.25) is 5.02 Å². The fourth-order valence-electron chi connectivity index (χ4n) is 1.63. The fourth-order valence-corrected chi connectivity index (χ4v) is 2.04. The van der Waals surface area contributed by atoms with E-state index in [0.29, 0.717) is 18.9 Å². The summed E-state index contributed by atoms with van der Waals surface area (Å²) >= 11 is 5.73. The molecule has 1 aliphatic carbocycles. The maximum absolute atomic E-state index is 12.4. The third-order valence-corrected chi connectivity index (χ3v) is 2.98. The molecular formula is C10H9ClF3NO. The lowest BCUT2D eigenvalue weighted by Crippen LogP contribution is -2.20. The molecule has 2 rings (SSSR count). The normalized spacial score (nSPS) is 18.6. The summed E-state index contributed by atoms with van der Waals surface area (Å²) in [6.45, 7) is 0. The quantitative estimate of drug-likeness (QED) is 0.806. The molecule has 2 nitrogen and oxygen atoms in total. The molecule has 1 fully saturated rings. The van der Waals surface area contributed by atoms with Gasteiger partial charge >= 0.3 is 6.18 Å². The van der Waals surface area contributed by atoms with E-state index in [9.17, 15) is 18.3 Å². The van der Waals surface area contributed by atoms with Gasteiger partial charge in [0, 0.05) is 16.1 Å². The van der Waals surface area contributed by atoms with E-state index in [0.717, 1.165) is 6.07 Å². The number of hydrogen-bond acceptors (Lipinski definition) is 2. The average molecular weight is 252 g/mol. The summed E-state index contributed by atoms with van der Waals surface area (Å²) in [6.07, 6.45) is -3.29. The van der Waals surface area contributed by atoms with Gasteiger partial charge in [-0.2, -0.15) is 13.2 Å². The Hall–Kier alpha value is -0.940. The van der Waals surface area contributed by atoms with Crippen LogP contribution in [0.3, 0.4) is 0 Å². The van der Waals surface area contributed by atoms with Crippen molar-refractivity contribution < 1.29 is 18.3 Å². The Labute approximate surface area is 94.8 Å². The van der Waals surface area contributed by atoms with Gasteiger partial charge in [-0.05, 0) is 25.0 Å². The van der Waals surface area contributed by atoms with Gasteiger partial charge in [-0.3, -0.25) is 0 Å². The lowest BCUT2D eigenvalue weighted by molar-refractivity contribution is -0.137. The van der Waals surface area contributed by atoms with Crippen LogP contribution >= 0.6 is 11.6 Å². The molecule has 0 bridgehead atoms. The third-order valence-electron chi connectivity index (χ3n) is 2.68. The van der Waals surface area contributed by atoms with Gasteiger partial charge in [0.25, 0.3) is 0 Å². The second-order valence-corrected chi connectivity index (χ2v) is 4.41. The van der Waals surface area contributed by atoms with Gasteiger partial charge in [-0.15, -0.1) is 0 Å². The summed E-state index contributed by atoms with van der Waals surface area (Å²) in [5.41, 5.74) is 4.29. The van der Waals surface area contributed by atoms with Crippen molar-refractivity contribution in [3.8, 4) is 5.75 Å². The van der Waals surface area contributed by atoms with Gasteiger partial charge in [-0.25, -0.2) is 0 Å². The van der Waals surface area contributed by atoms with E-state index in [1.54, 1.807) is 0 Å². The van der Waals surface area contributed by atoms with Crippen LogP contribution in [-0.2, 0) is 11.7 Å². The molecule has 0 aliphatic heterocycles. The van der Waals surface area contributed by atoms with Gasteiger partial charge in [0.15, 0.2) is 0 Å². The van der Waals surface area contributed by atoms with Gasteiger partial charge in [-0.1, -0.05) is 11.6 Å². The molecule has 0 saturated heterocycles. The molecule has 1 aliphatic rings. The smallest absolute Gasteiger partial charge is 0.416 e. The lowest BCUT2D eigenvalue weighted by Gasteiger charge is -2.16. The highest BCUT2D eigenvalue weighted by Gasteiger charge is 2.44. The Balaban J connectivity index is 2.52. The molecule has 1 aromatic carbocycles. The monoisotopic (exact) mass is 251 g/mol. The molecule has 1 aromatic rings. The first-order valence-corrected chi connectivity index (χ1v) is 5.01. The standard InChI is InChI=1S/C10H9ClF3NO/c11-6-3-5(10(12,13)14)4-7(16)8(6)9(15)1-2-9/h3-4,16H,1-2,15H2. The molecule has 1 saturated carbocycles. The number of phenols is 1. The second-order valence-electron chi connectivity index (χ2n) is 4.01. The molecular weight excluding hydrogens is 243 g/mol. The summed E-state index contributed by atoms with van der Waals surface area (Å²) in [6, 6.07) is 1.46. The van der Waals surface area contributed by atoms with Crippen molar-refractivity contribution in [2.75, 3.05) is 0 Å². The summed E-state index contributed by atoms with van der Waals surface area (Å²) < 4.78 is 37.2. The van der Waals surface area contributed by atoms with Crippen molar-refractivity contribution in [3.63, 3.8) is 0 Å². The molecule has 0 spiro atoms. The molecule has 6 heteroatoms. The first-order valence-electron chi connectivity index (χ1n) is 4.63. The van der Waals surface area contributed by atoms with Crippen LogP contribution in [0.5, 0.6) is 5.75 Å². The predicted molar refractivity (Wildman–Crippen MR) is 53.2 cm³/mol. The van der Waals surface area contributed by atoms with Crippen LogP contribution in [0.4, 0.5) is 13.2 Å². The summed E-state index contributed by atoms with van der Waals surface area (Å²) in [5.74, 6) is -0.486. The van der Waals surface area contributed by atoms with Gasteiger partial charge in [0.2, 0.25) is 0 Å². The highest BCUT2D eigenvalue weighted by Crippen LogP contribution is 2.50. The molecule has 3 N–H and O–H groups in total. The van der Waals surface area contributed by atoms with Crippen molar-refractivity contribution in [1.82, 2.24) is 0 Å². The van der Waals surface area contributed by atoms with E-state index in [1.807, 2.05) is 0 Å². The molecule has 0 amide bonds. The first kappa shape index (κ1) is 11.5. The molecule has 88 valence electrons. The highest BCUT2D eigenvalue weighted by molar-refractivity contribution is 6.31. The van der Waals surface area contributed by atoms with Gasteiger partial charge < -0.3 is 10.8 Å². The molecule has 0 radical (unpaired) electrons. The van der Waals surface area contributed by atoms with Crippen molar-refractivity contribution in [3.05, 3.63) is 28.3 Å². The number of nitrogens with two attached hydrogens (primary N) is 1. The Morgan fingerprint density at radius 1 is 1.31 bits per heavy atom. The van der Waals surface area contributed by atoms with Crippen LogP contribution in [0.25, 0.3) is 0 Å². The number of phenolic OH excluding ortho intramolecular Hbond substituents is 1. The van der Waals surface area contributed by atoms with Gasteiger partial charge in [0.1, 0.15) is 5.75 Å². The van der Waals surface area contributed by atoms with Gasteiger partial charge in [0.05, 0.1) is 5.56 Å². The first-order chi connectivity index (χ1) is 7.24. The number of hydrogen-bond donors (Lipinski definition) is 2. The topological polar surface area (TPSA) is 46.2 Å². The number of alkyl halides is 3. The van der Waals surface area contributed by atoms with Crippen LogP contribution in [0, 0.1) is 0 Å². The Morgan fingerprint density at radius 2 is 1.88 bits per heavy atom. The van der Waals surface area contributed by atoms with Crippen molar-refractivity contribution >= 4 is 11.6 Å². The zero-order valence-electron chi connectivity index (χ0n) is 8.11. The molecule has 0 unspecified atom stereocenters. The molecule has 0 aromatic heterocycles. The van der Waals surface area contributed by atoms with Crippen molar-refractivity contribution in [2.24, 2.45) is 5.73 Å². The maximum atomic E-state index is 12.4.